The van der Waals surface area contributed by atoms with Crippen LogP contribution < -0.4 is 5.32 Å². The summed E-state index contributed by atoms with van der Waals surface area (Å²) in [5.41, 5.74) is 2.45. The molecule has 1 aromatic rings. The zero-order chi connectivity index (χ0) is 13.6. The Morgan fingerprint density at radius 3 is 2.28 bits per heavy atom. The van der Waals surface area contributed by atoms with E-state index in [4.69, 9.17) is 4.74 Å². The SMILES string of the molecule is COC(C)(C)CCNc1ccc(CN(C)C)cc1. The van der Waals surface area contributed by atoms with Crippen LogP contribution in [-0.4, -0.2) is 38.3 Å². The van der Waals surface area contributed by atoms with Crippen molar-refractivity contribution in [1.29, 1.82) is 0 Å². The van der Waals surface area contributed by atoms with Gasteiger partial charge in [-0.1, -0.05) is 12.1 Å². The molecule has 0 fully saturated rings. The van der Waals surface area contributed by atoms with Gasteiger partial charge >= 0.3 is 0 Å². The maximum atomic E-state index is 5.39. The number of ether oxygens (including phenoxy) is 1. The van der Waals surface area contributed by atoms with Crippen molar-refractivity contribution in [3.05, 3.63) is 29.8 Å². The van der Waals surface area contributed by atoms with Gasteiger partial charge in [0.05, 0.1) is 5.60 Å². The smallest absolute Gasteiger partial charge is 0.0639 e. The minimum atomic E-state index is -0.0577. The third-order valence-corrected chi connectivity index (χ3v) is 3.06. The molecule has 0 aliphatic rings. The molecule has 0 aliphatic heterocycles. The molecule has 0 atom stereocenters. The van der Waals surface area contributed by atoms with Gasteiger partial charge in [-0.3, -0.25) is 0 Å². The first-order chi connectivity index (χ1) is 8.43. The van der Waals surface area contributed by atoms with Crippen LogP contribution in [0.25, 0.3) is 0 Å². The second-order valence-electron chi connectivity index (χ2n) is 5.58. The molecule has 1 N–H and O–H groups in total. The lowest BCUT2D eigenvalue weighted by Gasteiger charge is -2.23. The Bertz CT molecular complexity index is 344. The van der Waals surface area contributed by atoms with E-state index in [0.29, 0.717) is 0 Å². The second-order valence-corrected chi connectivity index (χ2v) is 5.58. The molecular formula is C15H26N2O. The van der Waals surface area contributed by atoms with Gasteiger partial charge < -0.3 is 15.0 Å². The van der Waals surface area contributed by atoms with Gasteiger partial charge in [-0.05, 0) is 52.1 Å². The van der Waals surface area contributed by atoms with Gasteiger partial charge in [0.15, 0.2) is 0 Å². The van der Waals surface area contributed by atoms with E-state index in [9.17, 15) is 0 Å². The summed E-state index contributed by atoms with van der Waals surface area (Å²) in [5.74, 6) is 0. The summed E-state index contributed by atoms with van der Waals surface area (Å²) < 4.78 is 5.39. The van der Waals surface area contributed by atoms with E-state index in [0.717, 1.165) is 19.5 Å². The minimum absolute atomic E-state index is 0.0577. The van der Waals surface area contributed by atoms with Crippen LogP contribution in [0.1, 0.15) is 25.8 Å². The number of methoxy groups -OCH3 is 1. The first-order valence-electron chi connectivity index (χ1n) is 6.46. The molecule has 1 rings (SSSR count). The molecule has 0 unspecified atom stereocenters. The fraction of sp³-hybridized carbons (Fsp3) is 0.600. The lowest BCUT2D eigenvalue weighted by atomic mass is 10.1. The van der Waals surface area contributed by atoms with E-state index in [-0.39, 0.29) is 5.60 Å². The van der Waals surface area contributed by atoms with Crippen LogP contribution in [0.15, 0.2) is 24.3 Å². The molecule has 3 heteroatoms. The number of nitrogens with zero attached hydrogens (tertiary/aromatic N) is 1. The zero-order valence-electron chi connectivity index (χ0n) is 12.3. The van der Waals surface area contributed by atoms with Crippen molar-refractivity contribution in [1.82, 2.24) is 4.90 Å². The van der Waals surface area contributed by atoms with Gasteiger partial charge in [0.1, 0.15) is 0 Å². The summed E-state index contributed by atoms with van der Waals surface area (Å²) in [7, 11) is 5.92. The van der Waals surface area contributed by atoms with Crippen molar-refractivity contribution in [3.8, 4) is 0 Å². The van der Waals surface area contributed by atoms with E-state index in [1.54, 1.807) is 7.11 Å². The Morgan fingerprint density at radius 2 is 1.78 bits per heavy atom. The number of hydrogen-bond donors (Lipinski definition) is 1. The lowest BCUT2D eigenvalue weighted by Crippen LogP contribution is -2.25. The highest BCUT2D eigenvalue weighted by atomic mass is 16.5. The topological polar surface area (TPSA) is 24.5 Å². The Kier molecular flexibility index (Phi) is 5.63. The Morgan fingerprint density at radius 1 is 1.17 bits per heavy atom. The van der Waals surface area contributed by atoms with Crippen molar-refractivity contribution in [2.24, 2.45) is 0 Å². The molecule has 1 aromatic carbocycles. The summed E-state index contributed by atoms with van der Waals surface area (Å²) in [4.78, 5) is 2.17. The number of nitrogens with one attached hydrogen (secondary N) is 1. The summed E-state index contributed by atoms with van der Waals surface area (Å²) in [5, 5.41) is 3.42. The highest BCUT2D eigenvalue weighted by molar-refractivity contribution is 5.44. The van der Waals surface area contributed by atoms with Gasteiger partial charge in [0, 0.05) is 25.9 Å². The summed E-state index contributed by atoms with van der Waals surface area (Å²) in [6.45, 7) is 6.12. The van der Waals surface area contributed by atoms with E-state index < -0.39 is 0 Å². The zero-order valence-corrected chi connectivity index (χ0v) is 12.3. The molecule has 0 saturated carbocycles. The normalized spacial score (nSPS) is 11.9. The molecular weight excluding hydrogens is 224 g/mol. The Balaban J connectivity index is 2.40. The lowest BCUT2D eigenvalue weighted by molar-refractivity contribution is 0.0185. The predicted octanol–water partition coefficient (Wildman–Crippen LogP) is 2.98. The molecule has 102 valence electrons. The second kappa shape index (κ2) is 6.76. The number of hydrogen-bond acceptors (Lipinski definition) is 3. The molecule has 0 aromatic heterocycles. The van der Waals surface area contributed by atoms with Crippen LogP contribution in [0.2, 0.25) is 0 Å². The molecule has 18 heavy (non-hydrogen) atoms. The van der Waals surface area contributed by atoms with Crippen molar-refractivity contribution < 1.29 is 4.74 Å². The van der Waals surface area contributed by atoms with Gasteiger partial charge in [0.2, 0.25) is 0 Å². The number of rotatable bonds is 7. The quantitative estimate of drug-likeness (QED) is 0.805. The molecule has 0 aliphatic carbocycles. The summed E-state index contributed by atoms with van der Waals surface area (Å²) in [6.07, 6.45) is 0.989. The van der Waals surface area contributed by atoms with Crippen LogP contribution in [-0.2, 0) is 11.3 Å². The van der Waals surface area contributed by atoms with Gasteiger partial charge in [-0.2, -0.15) is 0 Å². The predicted molar refractivity (Wildman–Crippen MR) is 78.0 cm³/mol. The fourth-order valence-corrected chi connectivity index (χ4v) is 1.70. The number of benzene rings is 1. The highest BCUT2D eigenvalue weighted by Gasteiger charge is 2.14. The maximum absolute atomic E-state index is 5.39. The summed E-state index contributed by atoms with van der Waals surface area (Å²) in [6, 6.07) is 8.62. The van der Waals surface area contributed by atoms with Crippen molar-refractivity contribution in [3.63, 3.8) is 0 Å². The molecule has 0 saturated heterocycles. The monoisotopic (exact) mass is 250 g/mol. The van der Waals surface area contributed by atoms with Crippen LogP contribution >= 0.6 is 0 Å². The van der Waals surface area contributed by atoms with E-state index >= 15 is 0 Å². The van der Waals surface area contributed by atoms with Crippen LogP contribution in [0, 0.1) is 0 Å². The Hall–Kier alpha value is -1.06. The van der Waals surface area contributed by atoms with Crippen molar-refractivity contribution in [2.75, 3.05) is 33.1 Å². The van der Waals surface area contributed by atoms with Crippen LogP contribution in [0.3, 0.4) is 0 Å². The molecule has 0 amide bonds. The van der Waals surface area contributed by atoms with E-state index in [2.05, 4.69) is 62.4 Å². The van der Waals surface area contributed by atoms with E-state index in [1.807, 2.05) is 0 Å². The molecule has 0 bridgehead atoms. The average molecular weight is 250 g/mol. The van der Waals surface area contributed by atoms with Gasteiger partial charge in [-0.25, -0.2) is 0 Å². The fourth-order valence-electron chi connectivity index (χ4n) is 1.70. The summed E-state index contributed by atoms with van der Waals surface area (Å²) >= 11 is 0. The van der Waals surface area contributed by atoms with Crippen LogP contribution in [0.5, 0.6) is 0 Å². The van der Waals surface area contributed by atoms with Crippen molar-refractivity contribution in [2.45, 2.75) is 32.4 Å². The molecule has 0 heterocycles. The molecule has 0 spiro atoms. The standard InChI is InChI=1S/C15H26N2O/c1-15(2,18-5)10-11-16-14-8-6-13(7-9-14)12-17(3)4/h6-9,16H,10-12H2,1-5H3. The maximum Gasteiger partial charge on any atom is 0.0639 e. The molecule has 3 nitrogen and oxygen atoms in total. The van der Waals surface area contributed by atoms with Gasteiger partial charge in [-0.15, -0.1) is 0 Å². The van der Waals surface area contributed by atoms with Gasteiger partial charge in [0.25, 0.3) is 0 Å². The van der Waals surface area contributed by atoms with Crippen LogP contribution in [0.4, 0.5) is 5.69 Å². The van der Waals surface area contributed by atoms with E-state index in [1.165, 1.54) is 11.3 Å². The first-order valence-corrected chi connectivity index (χ1v) is 6.46. The first kappa shape index (κ1) is 15.0. The minimum Gasteiger partial charge on any atom is -0.385 e. The third kappa shape index (κ3) is 5.52. The molecule has 0 radical (unpaired) electrons. The largest absolute Gasteiger partial charge is 0.385 e. The third-order valence-electron chi connectivity index (χ3n) is 3.06. The number of anilines is 1. The average Bonchev–Trinajstić information content (AvgIpc) is 2.30. The van der Waals surface area contributed by atoms with Crippen molar-refractivity contribution >= 4 is 5.69 Å². The highest BCUT2D eigenvalue weighted by Crippen LogP contribution is 2.15. The Labute approximate surface area is 111 Å².